The summed E-state index contributed by atoms with van der Waals surface area (Å²) in [6.45, 7) is 1.97. The van der Waals surface area contributed by atoms with Crippen molar-refractivity contribution in [1.29, 1.82) is 0 Å². The van der Waals surface area contributed by atoms with Crippen molar-refractivity contribution < 1.29 is 8.42 Å². The molecule has 3 fully saturated rings. The molecule has 0 spiro atoms. The molecule has 0 aromatic rings. The molecule has 1 aliphatic heterocycles. The van der Waals surface area contributed by atoms with Gasteiger partial charge >= 0.3 is 0 Å². The minimum absolute atomic E-state index is 0.243. The van der Waals surface area contributed by atoms with Crippen molar-refractivity contribution in [3.05, 3.63) is 0 Å². The molecular weight excluding hydrogens is 224 g/mol. The Morgan fingerprint density at radius 3 is 2.44 bits per heavy atom. The van der Waals surface area contributed by atoms with E-state index in [0.717, 1.165) is 19.5 Å². The van der Waals surface area contributed by atoms with Crippen LogP contribution in [-0.4, -0.2) is 33.3 Å². The number of nitrogens with one attached hydrogen (secondary N) is 2. The van der Waals surface area contributed by atoms with Crippen molar-refractivity contribution in [2.45, 2.75) is 31.7 Å². The average molecular weight is 244 g/mol. The number of fused-ring (bicyclic) bond motifs is 1. The van der Waals surface area contributed by atoms with Crippen molar-refractivity contribution in [2.24, 2.45) is 17.8 Å². The van der Waals surface area contributed by atoms with E-state index >= 15 is 0 Å². The van der Waals surface area contributed by atoms with Gasteiger partial charge in [0, 0.05) is 6.04 Å². The van der Waals surface area contributed by atoms with Gasteiger partial charge in [0.05, 0.1) is 5.75 Å². The Morgan fingerprint density at radius 1 is 1.19 bits per heavy atom. The Kier molecular flexibility index (Phi) is 2.72. The molecule has 2 saturated carbocycles. The molecule has 1 heterocycles. The van der Waals surface area contributed by atoms with Crippen LogP contribution in [0, 0.1) is 17.8 Å². The van der Waals surface area contributed by atoms with Gasteiger partial charge in [-0.15, -0.1) is 0 Å². The largest absolute Gasteiger partial charge is 0.316 e. The molecule has 0 bridgehead atoms. The van der Waals surface area contributed by atoms with Crippen LogP contribution in [0.2, 0.25) is 0 Å². The van der Waals surface area contributed by atoms with Crippen molar-refractivity contribution >= 4 is 10.0 Å². The van der Waals surface area contributed by atoms with Crippen LogP contribution >= 0.6 is 0 Å². The zero-order valence-electron chi connectivity index (χ0n) is 9.48. The monoisotopic (exact) mass is 244 g/mol. The van der Waals surface area contributed by atoms with E-state index in [4.69, 9.17) is 0 Å². The fourth-order valence-electron chi connectivity index (χ4n) is 2.96. The second kappa shape index (κ2) is 3.96. The molecule has 5 heteroatoms. The summed E-state index contributed by atoms with van der Waals surface area (Å²) in [6, 6.07) is 0.243. The van der Waals surface area contributed by atoms with Crippen LogP contribution in [0.5, 0.6) is 0 Å². The number of hydrogen-bond acceptors (Lipinski definition) is 3. The predicted molar refractivity (Wildman–Crippen MR) is 62.5 cm³/mol. The molecule has 16 heavy (non-hydrogen) atoms. The summed E-state index contributed by atoms with van der Waals surface area (Å²) in [5, 5.41) is 3.27. The first-order chi connectivity index (χ1) is 7.66. The van der Waals surface area contributed by atoms with Crippen molar-refractivity contribution in [3.63, 3.8) is 0 Å². The second-order valence-electron chi connectivity index (χ2n) is 5.53. The average Bonchev–Trinajstić information content (AvgIpc) is 2.59. The summed E-state index contributed by atoms with van der Waals surface area (Å²) >= 11 is 0. The molecule has 2 unspecified atom stereocenters. The van der Waals surface area contributed by atoms with Crippen molar-refractivity contribution in [3.8, 4) is 0 Å². The fourth-order valence-corrected chi connectivity index (χ4v) is 4.49. The fraction of sp³-hybridized carbons (Fsp3) is 1.00. The zero-order chi connectivity index (χ0) is 11.2. The Hall–Kier alpha value is -0.130. The van der Waals surface area contributed by atoms with Crippen molar-refractivity contribution in [1.82, 2.24) is 10.0 Å². The first-order valence-corrected chi connectivity index (χ1v) is 8.02. The van der Waals surface area contributed by atoms with Crippen LogP contribution in [0.3, 0.4) is 0 Å². The molecule has 3 aliphatic rings. The third-order valence-corrected chi connectivity index (χ3v) is 5.83. The van der Waals surface area contributed by atoms with Crippen LogP contribution in [-0.2, 0) is 10.0 Å². The minimum atomic E-state index is -3.01. The molecule has 0 aromatic carbocycles. The Balaban J connectivity index is 1.45. The molecule has 2 N–H and O–H groups in total. The lowest BCUT2D eigenvalue weighted by atomic mass is 9.84. The second-order valence-corrected chi connectivity index (χ2v) is 7.41. The molecular formula is C11H20N2O2S. The lowest BCUT2D eigenvalue weighted by molar-refractivity contribution is 0.307. The van der Waals surface area contributed by atoms with Gasteiger partial charge in [0.1, 0.15) is 0 Å². The highest BCUT2D eigenvalue weighted by atomic mass is 32.2. The van der Waals surface area contributed by atoms with Crippen LogP contribution in [0.1, 0.15) is 25.7 Å². The van der Waals surface area contributed by atoms with Gasteiger partial charge in [-0.3, -0.25) is 0 Å². The van der Waals surface area contributed by atoms with E-state index < -0.39 is 10.0 Å². The highest BCUT2D eigenvalue weighted by Gasteiger charge is 2.54. The summed E-state index contributed by atoms with van der Waals surface area (Å²) in [6.07, 6.45) is 4.61. The van der Waals surface area contributed by atoms with Gasteiger partial charge in [0.15, 0.2) is 0 Å². The number of hydrogen-bond donors (Lipinski definition) is 2. The van der Waals surface area contributed by atoms with Crippen LogP contribution in [0.15, 0.2) is 0 Å². The van der Waals surface area contributed by atoms with E-state index in [2.05, 4.69) is 10.0 Å². The van der Waals surface area contributed by atoms with Crippen LogP contribution < -0.4 is 10.0 Å². The third kappa shape index (κ3) is 2.13. The van der Waals surface area contributed by atoms with Gasteiger partial charge in [-0.25, -0.2) is 13.1 Å². The molecule has 0 radical (unpaired) electrons. The third-order valence-electron chi connectivity index (χ3n) is 4.43. The van der Waals surface area contributed by atoms with Gasteiger partial charge in [-0.1, -0.05) is 19.3 Å². The summed E-state index contributed by atoms with van der Waals surface area (Å²) in [4.78, 5) is 0. The maximum atomic E-state index is 11.8. The quantitative estimate of drug-likeness (QED) is 0.732. The number of rotatable bonds is 5. The summed E-state index contributed by atoms with van der Waals surface area (Å²) in [5.41, 5.74) is 0. The lowest BCUT2D eigenvalue weighted by Crippen LogP contribution is -2.34. The van der Waals surface area contributed by atoms with Crippen LogP contribution in [0.4, 0.5) is 0 Å². The molecule has 3 rings (SSSR count). The zero-order valence-corrected chi connectivity index (χ0v) is 10.3. The summed E-state index contributed by atoms with van der Waals surface area (Å²) < 4.78 is 26.5. The van der Waals surface area contributed by atoms with Gasteiger partial charge < -0.3 is 5.32 Å². The van der Waals surface area contributed by atoms with E-state index in [1.54, 1.807) is 0 Å². The Bertz CT molecular complexity index is 354. The smallest absolute Gasteiger partial charge is 0.211 e. The molecule has 2 aliphatic carbocycles. The van der Waals surface area contributed by atoms with Crippen molar-refractivity contribution in [2.75, 3.05) is 18.8 Å². The molecule has 92 valence electrons. The molecule has 2 atom stereocenters. The standard InChI is InChI=1S/C11H20N2O2S/c14-16(15,5-4-8-2-1-3-8)13-11-9-6-12-7-10(9)11/h8-13H,1-7H2. The van der Waals surface area contributed by atoms with Gasteiger partial charge in [-0.2, -0.15) is 0 Å². The SMILES string of the molecule is O=S(=O)(CCC1CCC1)NC1C2CNCC21. The highest BCUT2D eigenvalue weighted by molar-refractivity contribution is 7.89. The highest BCUT2D eigenvalue weighted by Crippen LogP contribution is 2.42. The van der Waals surface area contributed by atoms with E-state index in [9.17, 15) is 8.42 Å². The van der Waals surface area contributed by atoms with E-state index in [-0.39, 0.29) is 6.04 Å². The number of sulfonamides is 1. The minimum Gasteiger partial charge on any atom is -0.316 e. The Morgan fingerprint density at radius 2 is 1.88 bits per heavy atom. The first kappa shape index (κ1) is 11.0. The topological polar surface area (TPSA) is 58.2 Å². The van der Waals surface area contributed by atoms with E-state index in [1.807, 2.05) is 0 Å². The maximum absolute atomic E-state index is 11.8. The Labute approximate surface area is 97.2 Å². The summed E-state index contributed by atoms with van der Waals surface area (Å²) in [7, 11) is -3.01. The van der Waals surface area contributed by atoms with Gasteiger partial charge in [0.25, 0.3) is 0 Å². The number of piperidine rings is 1. The lowest BCUT2D eigenvalue weighted by Gasteiger charge is -2.25. The first-order valence-electron chi connectivity index (χ1n) is 6.36. The molecule has 0 aromatic heterocycles. The van der Waals surface area contributed by atoms with Crippen LogP contribution in [0.25, 0.3) is 0 Å². The van der Waals surface area contributed by atoms with E-state index in [0.29, 0.717) is 23.5 Å². The predicted octanol–water partition coefficient (Wildman–Crippen LogP) is 0.314. The van der Waals surface area contributed by atoms with Gasteiger partial charge in [-0.05, 0) is 37.3 Å². The summed E-state index contributed by atoms with van der Waals surface area (Å²) in [5.74, 6) is 2.15. The molecule has 0 amide bonds. The van der Waals surface area contributed by atoms with E-state index in [1.165, 1.54) is 19.3 Å². The molecule has 4 nitrogen and oxygen atoms in total. The normalized spacial score (nSPS) is 38.1. The molecule has 1 saturated heterocycles. The maximum Gasteiger partial charge on any atom is 0.211 e. The van der Waals surface area contributed by atoms with Gasteiger partial charge in [0.2, 0.25) is 10.0 Å².